The number of carbonyl (C=O) groups excluding carboxylic acids is 1. The van der Waals surface area contributed by atoms with Crippen LogP contribution in [0, 0.1) is 11.7 Å². The molecule has 1 saturated heterocycles. The van der Waals surface area contributed by atoms with Gasteiger partial charge in [-0.3, -0.25) is 10.1 Å². The van der Waals surface area contributed by atoms with E-state index < -0.39 is 0 Å². The van der Waals surface area contributed by atoms with E-state index in [4.69, 9.17) is 0 Å². The Hall–Kier alpha value is -1.42. The van der Waals surface area contributed by atoms with Crippen LogP contribution in [0.2, 0.25) is 0 Å². The molecule has 3 rings (SSSR count). The van der Waals surface area contributed by atoms with Gasteiger partial charge in [-0.25, -0.2) is 4.39 Å². The summed E-state index contributed by atoms with van der Waals surface area (Å²) in [5.41, 5.74) is 0.842. The third-order valence-corrected chi connectivity index (χ3v) is 4.67. The summed E-state index contributed by atoms with van der Waals surface area (Å²) in [5.74, 6) is 0.525. The first-order valence-electron chi connectivity index (χ1n) is 7.95. The van der Waals surface area contributed by atoms with Crippen LogP contribution >= 0.6 is 0 Å². The largest absolute Gasteiger partial charge is 0.319 e. The van der Waals surface area contributed by atoms with Crippen molar-refractivity contribution in [3.63, 3.8) is 0 Å². The molecule has 3 unspecified atom stereocenters. The molecule has 3 nitrogen and oxygen atoms in total. The summed E-state index contributed by atoms with van der Waals surface area (Å²) in [6.45, 7) is 4.21. The van der Waals surface area contributed by atoms with Gasteiger partial charge in [0, 0.05) is 6.04 Å². The molecule has 0 spiro atoms. The maximum atomic E-state index is 13.5. The molecule has 0 bridgehead atoms. The monoisotopic (exact) mass is 290 g/mol. The molecule has 1 amide bonds. The molecule has 1 aliphatic carbocycles. The summed E-state index contributed by atoms with van der Waals surface area (Å²) in [6, 6.07) is 6.67. The van der Waals surface area contributed by atoms with E-state index in [2.05, 4.69) is 19.2 Å². The van der Waals surface area contributed by atoms with E-state index in [0.717, 1.165) is 18.4 Å². The lowest BCUT2D eigenvalue weighted by Gasteiger charge is -2.30. The number of amides is 1. The Bertz CT molecular complexity index is 529. The lowest BCUT2D eigenvalue weighted by Crippen LogP contribution is -2.39. The highest BCUT2D eigenvalue weighted by molar-refractivity contribution is 5.85. The van der Waals surface area contributed by atoms with Crippen molar-refractivity contribution in [3.8, 4) is 0 Å². The average molecular weight is 290 g/mol. The second-order valence-corrected chi connectivity index (χ2v) is 6.29. The van der Waals surface area contributed by atoms with Gasteiger partial charge < -0.3 is 4.90 Å². The van der Waals surface area contributed by atoms with Crippen LogP contribution in [-0.4, -0.2) is 22.9 Å². The Kier molecular flexibility index (Phi) is 3.98. The third kappa shape index (κ3) is 2.82. The van der Waals surface area contributed by atoms with Crippen LogP contribution in [-0.2, 0) is 4.79 Å². The summed E-state index contributed by atoms with van der Waals surface area (Å²) >= 11 is 0. The molecule has 0 aromatic heterocycles. The Morgan fingerprint density at radius 3 is 2.81 bits per heavy atom. The Morgan fingerprint density at radius 1 is 1.43 bits per heavy atom. The Balaban J connectivity index is 1.89. The quantitative estimate of drug-likeness (QED) is 0.903. The van der Waals surface area contributed by atoms with E-state index in [0.29, 0.717) is 5.92 Å². The lowest BCUT2D eigenvalue weighted by molar-refractivity contribution is -0.132. The van der Waals surface area contributed by atoms with Crippen molar-refractivity contribution in [2.24, 2.45) is 5.92 Å². The SMILES string of the molecule is CCCC1NC(c2cccc(F)c2)N(C(C)C2CC2)C1=O. The molecule has 1 heterocycles. The van der Waals surface area contributed by atoms with Crippen LogP contribution in [0.3, 0.4) is 0 Å². The van der Waals surface area contributed by atoms with Gasteiger partial charge in [-0.2, -0.15) is 0 Å². The van der Waals surface area contributed by atoms with Gasteiger partial charge in [0.15, 0.2) is 0 Å². The molecule has 1 saturated carbocycles. The minimum absolute atomic E-state index is 0.135. The minimum Gasteiger partial charge on any atom is -0.319 e. The van der Waals surface area contributed by atoms with Crippen molar-refractivity contribution in [1.29, 1.82) is 0 Å². The van der Waals surface area contributed by atoms with E-state index in [1.807, 2.05) is 11.0 Å². The zero-order chi connectivity index (χ0) is 15.0. The lowest BCUT2D eigenvalue weighted by atomic mass is 10.1. The number of nitrogens with zero attached hydrogens (tertiary/aromatic N) is 1. The molecule has 4 heteroatoms. The number of nitrogens with one attached hydrogen (secondary N) is 1. The van der Waals surface area contributed by atoms with E-state index in [-0.39, 0.29) is 30.0 Å². The highest BCUT2D eigenvalue weighted by Crippen LogP contribution is 2.40. The summed E-state index contributed by atoms with van der Waals surface area (Å²) in [6.07, 6.45) is 3.99. The first-order chi connectivity index (χ1) is 10.1. The number of halogens is 1. The smallest absolute Gasteiger partial charge is 0.241 e. The van der Waals surface area contributed by atoms with Crippen LogP contribution in [0.4, 0.5) is 4.39 Å². The van der Waals surface area contributed by atoms with Crippen LogP contribution < -0.4 is 5.32 Å². The molecule has 1 aliphatic heterocycles. The van der Waals surface area contributed by atoms with Crippen LogP contribution in [0.1, 0.15) is 51.3 Å². The third-order valence-electron chi connectivity index (χ3n) is 4.67. The van der Waals surface area contributed by atoms with Crippen LogP contribution in [0.5, 0.6) is 0 Å². The molecule has 1 N–H and O–H groups in total. The van der Waals surface area contributed by atoms with E-state index in [1.54, 1.807) is 6.07 Å². The van der Waals surface area contributed by atoms with Gasteiger partial charge in [-0.1, -0.05) is 25.5 Å². The van der Waals surface area contributed by atoms with Gasteiger partial charge in [0.05, 0.1) is 6.04 Å². The van der Waals surface area contributed by atoms with E-state index in [9.17, 15) is 9.18 Å². The van der Waals surface area contributed by atoms with Crippen LogP contribution in [0.15, 0.2) is 24.3 Å². The number of hydrogen-bond acceptors (Lipinski definition) is 2. The van der Waals surface area contributed by atoms with E-state index >= 15 is 0 Å². The summed E-state index contributed by atoms with van der Waals surface area (Å²) in [7, 11) is 0. The fraction of sp³-hybridized carbons (Fsp3) is 0.588. The molecule has 1 aromatic rings. The van der Waals surface area contributed by atoms with Crippen molar-refractivity contribution in [2.75, 3.05) is 0 Å². The van der Waals surface area contributed by atoms with Gasteiger partial charge in [-0.15, -0.1) is 0 Å². The van der Waals surface area contributed by atoms with Crippen LogP contribution in [0.25, 0.3) is 0 Å². The normalized spacial score (nSPS) is 27.2. The van der Waals surface area contributed by atoms with Crippen molar-refractivity contribution in [3.05, 3.63) is 35.6 Å². The maximum Gasteiger partial charge on any atom is 0.241 e. The highest BCUT2D eigenvalue weighted by atomic mass is 19.1. The van der Waals surface area contributed by atoms with Gasteiger partial charge in [0.2, 0.25) is 5.91 Å². The highest BCUT2D eigenvalue weighted by Gasteiger charge is 2.45. The average Bonchev–Trinajstić information content (AvgIpc) is 3.25. The van der Waals surface area contributed by atoms with Crippen molar-refractivity contribution < 1.29 is 9.18 Å². The topological polar surface area (TPSA) is 32.3 Å². The Labute approximate surface area is 125 Å². The fourth-order valence-electron chi connectivity index (χ4n) is 3.32. The molecular weight excluding hydrogens is 267 g/mol. The molecule has 21 heavy (non-hydrogen) atoms. The summed E-state index contributed by atoms with van der Waals surface area (Å²) < 4.78 is 13.5. The van der Waals surface area contributed by atoms with Gasteiger partial charge in [-0.05, 0) is 49.8 Å². The maximum absolute atomic E-state index is 13.5. The number of hydrogen-bond donors (Lipinski definition) is 1. The summed E-state index contributed by atoms with van der Waals surface area (Å²) in [5, 5.41) is 3.41. The zero-order valence-electron chi connectivity index (χ0n) is 12.7. The molecule has 2 aliphatic rings. The molecule has 0 radical (unpaired) electrons. The van der Waals surface area contributed by atoms with Crippen molar-refractivity contribution in [1.82, 2.24) is 10.2 Å². The molecule has 114 valence electrons. The number of carbonyl (C=O) groups is 1. The molecule has 2 fully saturated rings. The van der Waals surface area contributed by atoms with E-state index in [1.165, 1.54) is 25.0 Å². The predicted molar refractivity (Wildman–Crippen MR) is 80.0 cm³/mol. The van der Waals surface area contributed by atoms with Gasteiger partial charge >= 0.3 is 0 Å². The molecule has 3 atom stereocenters. The second-order valence-electron chi connectivity index (χ2n) is 6.29. The Morgan fingerprint density at radius 2 is 2.19 bits per heavy atom. The number of benzene rings is 1. The molecule has 1 aromatic carbocycles. The standard InChI is InChI=1S/C17H23FN2O/c1-3-5-15-17(21)20(11(2)12-8-9-12)16(19-15)13-6-4-7-14(18)10-13/h4,6-7,10-12,15-16,19H,3,5,8-9H2,1-2H3. The van der Waals surface area contributed by atoms with Gasteiger partial charge in [0.1, 0.15) is 12.0 Å². The zero-order valence-corrected chi connectivity index (χ0v) is 12.7. The summed E-state index contributed by atoms with van der Waals surface area (Å²) in [4.78, 5) is 14.7. The van der Waals surface area contributed by atoms with Crippen molar-refractivity contribution >= 4 is 5.91 Å². The second kappa shape index (κ2) is 5.76. The number of rotatable bonds is 5. The van der Waals surface area contributed by atoms with Gasteiger partial charge in [0.25, 0.3) is 0 Å². The predicted octanol–water partition coefficient (Wildman–Crippen LogP) is 3.22. The first-order valence-corrected chi connectivity index (χ1v) is 7.95. The first kappa shape index (κ1) is 14.5. The van der Waals surface area contributed by atoms with Crippen molar-refractivity contribution in [2.45, 2.75) is 57.8 Å². The fourth-order valence-corrected chi connectivity index (χ4v) is 3.32. The minimum atomic E-state index is -0.250. The molecular formula is C17H23FN2O.